The van der Waals surface area contributed by atoms with Crippen molar-refractivity contribution < 1.29 is 23.9 Å². The minimum absolute atomic E-state index is 0.124. The van der Waals surface area contributed by atoms with Crippen LogP contribution in [0.1, 0.15) is 42.6 Å². The Kier molecular flexibility index (Phi) is 7.43. The Morgan fingerprint density at radius 1 is 1.03 bits per heavy atom. The Morgan fingerprint density at radius 3 is 2.32 bits per heavy atom. The molecule has 1 saturated carbocycles. The molecule has 7 heteroatoms. The quantitative estimate of drug-likeness (QED) is 0.372. The second-order valence-corrected chi connectivity index (χ2v) is 7.34. The number of nitrogens with one attached hydrogen (secondary N) is 2. The number of carbonyl (C=O) groups is 3. The standard InChI is InChI=1S/C24H26N2O5/c1-3-30-24(29)31-21-12-8-19(9-13-21)23(28)25-15-17-4-10-20(11-5-17)26-22(27)14-16(2)18-6-7-18/h4-5,8-14,18H,3,6-7,15H2,1-2H3,(H,25,28)(H,26,27)/b16-14+. The number of allylic oxidation sites excluding steroid dienone is 1. The third-order valence-corrected chi connectivity index (χ3v) is 4.83. The molecule has 0 spiro atoms. The largest absolute Gasteiger partial charge is 0.513 e. The number of amides is 2. The number of ether oxygens (including phenoxy) is 2. The van der Waals surface area contributed by atoms with Gasteiger partial charge < -0.3 is 20.1 Å². The van der Waals surface area contributed by atoms with Gasteiger partial charge in [-0.15, -0.1) is 0 Å². The molecule has 0 aliphatic heterocycles. The predicted molar refractivity (Wildman–Crippen MR) is 117 cm³/mol. The number of hydrogen-bond donors (Lipinski definition) is 2. The second-order valence-electron chi connectivity index (χ2n) is 7.34. The molecule has 3 rings (SSSR count). The van der Waals surface area contributed by atoms with Crippen LogP contribution in [-0.4, -0.2) is 24.6 Å². The molecule has 31 heavy (non-hydrogen) atoms. The maximum absolute atomic E-state index is 12.3. The van der Waals surface area contributed by atoms with Crippen molar-refractivity contribution in [2.45, 2.75) is 33.2 Å². The highest BCUT2D eigenvalue weighted by atomic mass is 16.7. The van der Waals surface area contributed by atoms with Crippen molar-refractivity contribution in [3.63, 3.8) is 0 Å². The van der Waals surface area contributed by atoms with Gasteiger partial charge >= 0.3 is 6.16 Å². The van der Waals surface area contributed by atoms with E-state index in [1.165, 1.54) is 25.0 Å². The summed E-state index contributed by atoms with van der Waals surface area (Å²) in [7, 11) is 0. The van der Waals surface area contributed by atoms with Gasteiger partial charge in [0.2, 0.25) is 5.91 Å². The van der Waals surface area contributed by atoms with Crippen LogP contribution < -0.4 is 15.4 Å². The van der Waals surface area contributed by atoms with Crippen LogP contribution in [0.4, 0.5) is 10.5 Å². The van der Waals surface area contributed by atoms with E-state index in [0.29, 0.717) is 29.5 Å². The topological polar surface area (TPSA) is 93.7 Å². The molecule has 0 heterocycles. The van der Waals surface area contributed by atoms with Gasteiger partial charge in [-0.25, -0.2) is 4.79 Å². The average Bonchev–Trinajstić information content (AvgIpc) is 3.59. The molecule has 162 valence electrons. The van der Waals surface area contributed by atoms with Crippen molar-refractivity contribution in [1.29, 1.82) is 0 Å². The summed E-state index contributed by atoms with van der Waals surface area (Å²) in [6, 6.07) is 13.5. The molecule has 1 aliphatic carbocycles. The molecular formula is C24H26N2O5. The van der Waals surface area contributed by atoms with Crippen LogP contribution in [0.2, 0.25) is 0 Å². The first kappa shape index (κ1) is 22.1. The van der Waals surface area contributed by atoms with Crippen LogP contribution >= 0.6 is 0 Å². The zero-order valence-electron chi connectivity index (χ0n) is 17.6. The molecule has 0 bridgehead atoms. The Labute approximate surface area is 181 Å². The highest BCUT2D eigenvalue weighted by molar-refractivity contribution is 5.99. The summed E-state index contributed by atoms with van der Waals surface area (Å²) in [5, 5.41) is 5.69. The Balaban J connectivity index is 1.47. The SMILES string of the molecule is CCOC(=O)Oc1ccc(C(=O)NCc2ccc(NC(=O)/C=C(\C)C3CC3)cc2)cc1. The van der Waals surface area contributed by atoms with Gasteiger partial charge in [-0.3, -0.25) is 9.59 Å². The molecule has 1 aliphatic rings. The molecule has 1 fully saturated rings. The van der Waals surface area contributed by atoms with Gasteiger partial charge in [-0.05, 0) is 74.6 Å². The molecule has 0 atom stereocenters. The summed E-state index contributed by atoms with van der Waals surface area (Å²) in [4.78, 5) is 35.7. The van der Waals surface area contributed by atoms with E-state index in [2.05, 4.69) is 10.6 Å². The maximum atomic E-state index is 12.3. The predicted octanol–water partition coefficient (Wildman–Crippen LogP) is 4.45. The molecule has 2 N–H and O–H groups in total. The van der Waals surface area contributed by atoms with Crippen molar-refractivity contribution in [2.24, 2.45) is 5.92 Å². The number of anilines is 1. The summed E-state index contributed by atoms with van der Waals surface area (Å²) >= 11 is 0. The van der Waals surface area contributed by atoms with Gasteiger partial charge in [-0.1, -0.05) is 17.7 Å². The van der Waals surface area contributed by atoms with Crippen molar-refractivity contribution in [1.82, 2.24) is 5.32 Å². The minimum Gasteiger partial charge on any atom is -0.434 e. The third-order valence-electron chi connectivity index (χ3n) is 4.83. The second kappa shape index (κ2) is 10.4. The van der Waals surface area contributed by atoms with E-state index < -0.39 is 6.16 Å². The van der Waals surface area contributed by atoms with Gasteiger partial charge in [0, 0.05) is 23.9 Å². The average molecular weight is 422 g/mol. The Bertz CT molecular complexity index is 960. The summed E-state index contributed by atoms with van der Waals surface area (Å²) in [5.74, 6) is 0.495. The van der Waals surface area contributed by atoms with Crippen LogP contribution in [0.3, 0.4) is 0 Å². The fraction of sp³-hybridized carbons (Fsp3) is 0.292. The molecule has 2 amide bonds. The lowest BCUT2D eigenvalue weighted by atomic mass is 10.1. The molecule has 0 saturated heterocycles. The van der Waals surface area contributed by atoms with Gasteiger partial charge in [0.1, 0.15) is 5.75 Å². The summed E-state index contributed by atoms with van der Waals surface area (Å²) in [6.07, 6.45) is 3.21. The summed E-state index contributed by atoms with van der Waals surface area (Å²) < 4.78 is 9.67. The van der Waals surface area contributed by atoms with Crippen LogP contribution in [0, 0.1) is 5.92 Å². The Morgan fingerprint density at radius 2 is 1.71 bits per heavy atom. The zero-order chi connectivity index (χ0) is 22.2. The van der Waals surface area contributed by atoms with E-state index in [1.807, 2.05) is 19.1 Å². The van der Waals surface area contributed by atoms with E-state index in [9.17, 15) is 14.4 Å². The molecule has 2 aromatic rings. The highest BCUT2D eigenvalue weighted by Crippen LogP contribution is 2.35. The number of carbonyl (C=O) groups excluding carboxylic acids is 3. The van der Waals surface area contributed by atoms with E-state index in [-0.39, 0.29) is 18.4 Å². The van der Waals surface area contributed by atoms with E-state index in [1.54, 1.807) is 37.3 Å². The fourth-order valence-electron chi connectivity index (χ4n) is 2.95. The summed E-state index contributed by atoms with van der Waals surface area (Å²) in [6.45, 7) is 4.25. The lowest BCUT2D eigenvalue weighted by Gasteiger charge is -2.08. The lowest BCUT2D eigenvalue weighted by molar-refractivity contribution is -0.112. The molecule has 0 unspecified atom stereocenters. The normalized spacial score (nSPS) is 13.3. The highest BCUT2D eigenvalue weighted by Gasteiger charge is 2.23. The Hall–Kier alpha value is -3.61. The molecule has 7 nitrogen and oxygen atoms in total. The van der Waals surface area contributed by atoms with Crippen molar-refractivity contribution in [3.05, 3.63) is 71.3 Å². The molecule has 0 aromatic heterocycles. The monoisotopic (exact) mass is 422 g/mol. The first-order valence-electron chi connectivity index (χ1n) is 10.3. The third kappa shape index (κ3) is 6.99. The van der Waals surface area contributed by atoms with Crippen molar-refractivity contribution >= 4 is 23.7 Å². The van der Waals surface area contributed by atoms with Crippen LogP contribution in [-0.2, 0) is 16.1 Å². The van der Waals surface area contributed by atoms with E-state index >= 15 is 0 Å². The smallest absolute Gasteiger partial charge is 0.434 e. The van der Waals surface area contributed by atoms with Gasteiger partial charge in [-0.2, -0.15) is 0 Å². The lowest BCUT2D eigenvalue weighted by Crippen LogP contribution is -2.22. The van der Waals surface area contributed by atoms with Crippen LogP contribution in [0.5, 0.6) is 5.75 Å². The van der Waals surface area contributed by atoms with Gasteiger partial charge in [0.15, 0.2) is 0 Å². The molecule has 0 radical (unpaired) electrons. The maximum Gasteiger partial charge on any atom is 0.513 e. The number of benzene rings is 2. The number of hydrogen-bond acceptors (Lipinski definition) is 5. The van der Waals surface area contributed by atoms with Gasteiger partial charge in [0.25, 0.3) is 5.91 Å². The molecular weight excluding hydrogens is 396 g/mol. The van der Waals surface area contributed by atoms with E-state index in [4.69, 9.17) is 9.47 Å². The molecule has 2 aromatic carbocycles. The van der Waals surface area contributed by atoms with E-state index in [0.717, 1.165) is 11.1 Å². The minimum atomic E-state index is -0.784. The zero-order valence-corrected chi connectivity index (χ0v) is 17.6. The summed E-state index contributed by atoms with van der Waals surface area (Å²) in [5.41, 5.74) is 3.17. The number of rotatable bonds is 8. The van der Waals surface area contributed by atoms with Crippen LogP contribution in [0.15, 0.2) is 60.2 Å². The van der Waals surface area contributed by atoms with Crippen molar-refractivity contribution in [3.8, 4) is 5.75 Å². The van der Waals surface area contributed by atoms with Gasteiger partial charge in [0.05, 0.1) is 6.61 Å². The fourth-order valence-corrected chi connectivity index (χ4v) is 2.95. The van der Waals surface area contributed by atoms with Crippen molar-refractivity contribution in [2.75, 3.05) is 11.9 Å². The first-order chi connectivity index (χ1) is 14.9. The van der Waals surface area contributed by atoms with Crippen LogP contribution in [0.25, 0.3) is 0 Å². The first-order valence-corrected chi connectivity index (χ1v) is 10.3.